The van der Waals surface area contributed by atoms with Crippen LogP contribution < -0.4 is 30.1 Å². The molecule has 5 nitrogen and oxygen atoms in total. The number of rotatable bonds is 7. The Morgan fingerprint density at radius 1 is 0.558 bits per heavy atom. The summed E-state index contributed by atoms with van der Waals surface area (Å²) in [5, 5.41) is 0.204. The van der Waals surface area contributed by atoms with Crippen molar-refractivity contribution in [2.24, 2.45) is 0 Å². The first-order chi connectivity index (χ1) is 20.7. The normalized spacial score (nSPS) is 13.4. The van der Waals surface area contributed by atoms with Gasteiger partial charge in [0, 0.05) is 0 Å². The summed E-state index contributed by atoms with van der Waals surface area (Å²) < 4.78 is 16.7. The van der Waals surface area contributed by atoms with Crippen LogP contribution >= 0.6 is 20.8 Å². The Hall–Kier alpha value is -4.25. The quantitative estimate of drug-likeness (QED) is 0.175. The van der Waals surface area contributed by atoms with Gasteiger partial charge in [0.2, 0.25) is 0 Å². The molecule has 0 saturated carbocycles. The average molecular weight is 654 g/mol. The van der Waals surface area contributed by atoms with E-state index in [-0.39, 0.29) is 39.6 Å². The molecule has 0 saturated heterocycles. The van der Waals surface area contributed by atoms with E-state index in [1.54, 1.807) is 12.1 Å². The van der Waals surface area contributed by atoms with E-state index in [4.69, 9.17) is 14.2 Å². The first-order valence-corrected chi connectivity index (χ1v) is 18.4. The van der Waals surface area contributed by atoms with Crippen molar-refractivity contribution < 1.29 is 23.8 Å². The zero-order valence-electron chi connectivity index (χ0n) is 24.3. The van der Waals surface area contributed by atoms with Gasteiger partial charge in [-0.25, -0.2) is 0 Å². The number of benzene rings is 5. The van der Waals surface area contributed by atoms with Gasteiger partial charge in [-0.15, -0.1) is 0 Å². The number of ketones is 2. The molecule has 0 amide bonds. The van der Waals surface area contributed by atoms with Gasteiger partial charge in [-0.1, -0.05) is 0 Å². The number of hydrogen-bond acceptors (Lipinski definition) is 5. The van der Waals surface area contributed by atoms with Crippen molar-refractivity contribution in [2.45, 2.75) is 0 Å². The Labute approximate surface area is 259 Å². The standard InChI is InChI=1S/C36H30BrO5P/c1-40-24-21-29-34(31(22-24)42-3)36(39)33-28(35(29)38)19-23(20-30(33)41-2)27-17-11-12-18-32(27)43(4,37,25-13-7-5-8-14-25)26-15-9-6-10-16-26/h5-22H,1-4H3. The van der Waals surface area contributed by atoms with Gasteiger partial charge >= 0.3 is 260 Å². The summed E-state index contributed by atoms with van der Waals surface area (Å²) in [6.45, 7) is 2.29. The molecule has 1 aliphatic carbocycles. The van der Waals surface area contributed by atoms with E-state index < -0.39 is 5.31 Å². The SMILES string of the molecule is COc1cc(OC)c2c(c1)C(=O)c1cc(-c3ccccc3P(C)(Br)(c3ccccc3)c3ccccc3)cc(OC)c1C2=O. The summed E-state index contributed by atoms with van der Waals surface area (Å²) >= 11 is 4.40. The van der Waals surface area contributed by atoms with E-state index >= 15 is 0 Å². The third-order valence-corrected chi connectivity index (χ3v) is 16.5. The van der Waals surface area contributed by atoms with Crippen LogP contribution in [-0.4, -0.2) is 39.6 Å². The van der Waals surface area contributed by atoms with Crippen LogP contribution in [0.3, 0.4) is 0 Å². The fourth-order valence-corrected chi connectivity index (χ4v) is 12.3. The van der Waals surface area contributed by atoms with Gasteiger partial charge in [0.25, 0.3) is 0 Å². The molecule has 43 heavy (non-hydrogen) atoms. The molecule has 216 valence electrons. The summed E-state index contributed by atoms with van der Waals surface area (Å²) in [5.74, 6) is 0.420. The first kappa shape index (κ1) is 28.9. The van der Waals surface area contributed by atoms with Crippen molar-refractivity contribution in [3.8, 4) is 28.4 Å². The maximum atomic E-state index is 14.1. The molecule has 0 heterocycles. The van der Waals surface area contributed by atoms with E-state index in [2.05, 4.69) is 82.8 Å². The number of methoxy groups -OCH3 is 3. The van der Waals surface area contributed by atoms with Gasteiger partial charge in [0.15, 0.2) is 0 Å². The minimum atomic E-state index is -3.21. The Balaban J connectivity index is 1.63. The summed E-state index contributed by atoms with van der Waals surface area (Å²) in [5.41, 5.74) is 2.66. The number of ether oxygens (including phenoxy) is 3. The molecule has 5 aromatic rings. The molecule has 0 fully saturated rings. The van der Waals surface area contributed by atoms with Gasteiger partial charge in [-0.2, -0.15) is 0 Å². The molecule has 0 bridgehead atoms. The van der Waals surface area contributed by atoms with E-state index in [0.717, 1.165) is 27.0 Å². The fraction of sp³-hybridized carbons (Fsp3) is 0.111. The van der Waals surface area contributed by atoms with Crippen LogP contribution in [0.2, 0.25) is 0 Å². The predicted octanol–water partition coefficient (Wildman–Crippen LogP) is 6.92. The maximum absolute atomic E-state index is 14.1. The van der Waals surface area contributed by atoms with Crippen LogP contribution in [0.5, 0.6) is 17.2 Å². The third kappa shape index (κ3) is 4.40. The van der Waals surface area contributed by atoms with Crippen LogP contribution in [0.1, 0.15) is 31.8 Å². The average Bonchev–Trinajstić information content (AvgIpc) is 3.06. The second kappa shape index (κ2) is 10.8. The number of carbonyl (C=O) groups is 2. The molecular formula is C36H30BrO5P. The van der Waals surface area contributed by atoms with Crippen LogP contribution in [0, 0.1) is 0 Å². The Kier molecular flexibility index (Phi) is 7.24. The summed E-state index contributed by atoms with van der Waals surface area (Å²) in [7, 11) is 4.50. The van der Waals surface area contributed by atoms with Gasteiger partial charge < -0.3 is 0 Å². The van der Waals surface area contributed by atoms with E-state index in [1.807, 2.05) is 36.4 Å². The molecule has 0 N–H and O–H groups in total. The molecule has 0 atom stereocenters. The van der Waals surface area contributed by atoms with Crippen molar-refractivity contribution in [2.75, 3.05) is 28.0 Å². The topological polar surface area (TPSA) is 61.8 Å². The van der Waals surface area contributed by atoms with E-state index in [1.165, 1.54) is 21.3 Å². The molecule has 0 aliphatic heterocycles. The third-order valence-electron chi connectivity index (χ3n) is 8.33. The predicted molar refractivity (Wildman–Crippen MR) is 178 cm³/mol. The second-order valence-electron chi connectivity index (χ2n) is 10.6. The van der Waals surface area contributed by atoms with E-state index in [0.29, 0.717) is 11.5 Å². The van der Waals surface area contributed by atoms with Crippen molar-refractivity contribution >= 4 is 48.3 Å². The fourth-order valence-electron chi connectivity index (χ4n) is 6.07. The van der Waals surface area contributed by atoms with Gasteiger partial charge in [-0.3, -0.25) is 0 Å². The van der Waals surface area contributed by atoms with Gasteiger partial charge in [-0.05, 0) is 0 Å². The molecule has 1 aliphatic rings. The molecule has 6 rings (SSSR count). The summed E-state index contributed by atoms with van der Waals surface area (Å²) in [6, 6.07) is 36.0. The Morgan fingerprint density at radius 3 is 1.63 bits per heavy atom. The molecule has 0 unspecified atom stereocenters. The van der Waals surface area contributed by atoms with Crippen molar-refractivity contribution in [3.63, 3.8) is 0 Å². The number of hydrogen-bond donors (Lipinski definition) is 0. The number of halogens is 1. The first-order valence-electron chi connectivity index (χ1n) is 13.7. The monoisotopic (exact) mass is 652 g/mol. The summed E-state index contributed by atoms with van der Waals surface area (Å²) in [6.07, 6.45) is 0. The Bertz CT molecular complexity index is 1860. The minimum absolute atomic E-state index is 0.208. The molecule has 0 aromatic heterocycles. The molecule has 0 spiro atoms. The van der Waals surface area contributed by atoms with E-state index in [9.17, 15) is 9.59 Å². The molecule has 5 aromatic carbocycles. The number of carbonyl (C=O) groups excluding carboxylic acids is 2. The molecular weight excluding hydrogens is 623 g/mol. The van der Waals surface area contributed by atoms with Crippen LogP contribution in [0.15, 0.2) is 109 Å². The van der Waals surface area contributed by atoms with Crippen LogP contribution in [0.4, 0.5) is 0 Å². The molecule has 0 radical (unpaired) electrons. The number of fused-ring (bicyclic) bond motifs is 2. The molecule has 7 heteroatoms. The van der Waals surface area contributed by atoms with Crippen LogP contribution in [-0.2, 0) is 0 Å². The van der Waals surface area contributed by atoms with Crippen LogP contribution in [0.25, 0.3) is 11.1 Å². The second-order valence-corrected chi connectivity index (χ2v) is 20.3. The summed E-state index contributed by atoms with van der Waals surface area (Å²) in [4.78, 5) is 28.1. The van der Waals surface area contributed by atoms with Gasteiger partial charge in [0.1, 0.15) is 0 Å². The van der Waals surface area contributed by atoms with Crippen molar-refractivity contribution in [3.05, 3.63) is 131 Å². The zero-order chi connectivity index (χ0) is 30.4. The van der Waals surface area contributed by atoms with Crippen molar-refractivity contribution in [1.82, 2.24) is 0 Å². The zero-order valence-corrected chi connectivity index (χ0v) is 26.7. The van der Waals surface area contributed by atoms with Crippen molar-refractivity contribution in [1.29, 1.82) is 0 Å². The Morgan fingerprint density at radius 2 is 1.07 bits per heavy atom. The van der Waals surface area contributed by atoms with Gasteiger partial charge in [0.05, 0.1) is 0 Å².